The van der Waals surface area contributed by atoms with E-state index >= 15 is 0 Å². The number of carbonyl (C=O) groups is 1. The van der Waals surface area contributed by atoms with E-state index in [9.17, 15) is 9.18 Å². The molecule has 0 aliphatic heterocycles. The first kappa shape index (κ1) is 15.2. The highest BCUT2D eigenvalue weighted by Gasteiger charge is 2.12. The minimum atomic E-state index is -0.669. The van der Waals surface area contributed by atoms with Crippen molar-refractivity contribution in [3.63, 3.8) is 0 Å². The van der Waals surface area contributed by atoms with Gasteiger partial charge in [-0.25, -0.2) is 9.18 Å². The van der Waals surface area contributed by atoms with Crippen LogP contribution < -0.4 is 0 Å². The molecule has 0 saturated carbocycles. The average molecular weight is 331 g/mol. The van der Waals surface area contributed by atoms with E-state index < -0.39 is 11.8 Å². The van der Waals surface area contributed by atoms with Crippen LogP contribution in [0.5, 0.6) is 0 Å². The monoisotopic (exact) mass is 330 g/mol. The summed E-state index contributed by atoms with van der Waals surface area (Å²) in [6.07, 6.45) is 1.39. The van der Waals surface area contributed by atoms with Crippen molar-refractivity contribution in [2.24, 2.45) is 12.2 Å². The molecule has 3 rings (SSSR count). The standard InChI is InChI=1S/C17H12ClFN2O2/c1-21-15-5-3-2-4-13(15)14(16(21)18)10-20-23-17(22)11-6-8-12(19)9-7-11/h2-10H,1H3. The van der Waals surface area contributed by atoms with E-state index in [0.717, 1.165) is 10.9 Å². The molecule has 23 heavy (non-hydrogen) atoms. The van der Waals surface area contributed by atoms with Crippen molar-refractivity contribution in [1.82, 2.24) is 4.57 Å². The normalized spacial score (nSPS) is 11.3. The number of halogens is 2. The van der Waals surface area contributed by atoms with Crippen molar-refractivity contribution in [1.29, 1.82) is 0 Å². The van der Waals surface area contributed by atoms with Gasteiger partial charge in [0.15, 0.2) is 0 Å². The number of hydrogen-bond donors (Lipinski definition) is 0. The van der Waals surface area contributed by atoms with Gasteiger partial charge in [-0.2, -0.15) is 0 Å². The number of nitrogens with zero attached hydrogens (tertiary/aromatic N) is 2. The van der Waals surface area contributed by atoms with E-state index in [2.05, 4.69) is 5.16 Å². The molecule has 0 unspecified atom stereocenters. The lowest BCUT2D eigenvalue weighted by molar-refractivity contribution is 0.0519. The van der Waals surface area contributed by atoms with Gasteiger partial charge in [-0.3, -0.25) is 0 Å². The third kappa shape index (κ3) is 2.96. The van der Waals surface area contributed by atoms with Crippen LogP contribution in [-0.4, -0.2) is 16.8 Å². The van der Waals surface area contributed by atoms with Gasteiger partial charge in [-0.1, -0.05) is 35.0 Å². The van der Waals surface area contributed by atoms with E-state index in [1.165, 1.54) is 30.5 Å². The molecule has 1 aromatic heterocycles. The van der Waals surface area contributed by atoms with Gasteiger partial charge in [0, 0.05) is 23.5 Å². The Morgan fingerprint density at radius 1 is 1.22 bits per heavy atom. The molecule has 6 heteroatoms. The van der Waals surface area contributed by atoms with Crippen molar-refractivity contribution in [2.45, 2.75) is 0 Å². The van der Waals surface area contributed by atoms with E-state index in [1.54, 1.807) is 0 Å². The van der Waals surface area contributed by atoms with E-state index in [0.29, 0.717) is 10.7 Å². The number of oxime groups is 1. The summed E-state index contributed by atoms with van der Waals surface area (Å²) >= 11 is 6.28. The highest BCUT2D eigenvalue weighted by atomic mass is 35.5. The van der Waals surface area contributed by atoms with Crippen LogP contribution in [0.15, 0.2) is 53.7 Å². The molecule has 0 saturated heterocycles. The lowest BCUT2D eigenvalue weighted by Gasteiger charge is -1.97. The van der Waals surface area contributed by atoms with Crippen molar-refractivity contribution in [3.05, 3.63) is 70.6 Å². The number of fused-ring (bicyclic) bond motifs is 1. The van der Waals surface area contributed by atoms with Gasteiger partial charge in [0.05, 0.1) is 11.8 Å². The summed E-state index contributed by atoms with van der Waals surface area (Å²) < 4.78 is 14.6. The lowest BCUT2D eigenvalue weighted by atomic mass is 10.2. The van der Waals surface area contributed by atoms with E-state index in [4.69, 9.17) is 16.4 Å². The molecular formula is C17H12ClFN2O2. The van der Waals surface area contributed by atoms with Crippen LogP contribution in [0.3, 0.4) is 0 Å². The van der Waals surface area contributed by atoms with Gasteiger partial charge in [-0.05, 0) is 30.3 Å². The fourth-order valence-corrected chi connectivity index (χ4v) is 2.52. The van der Waals surface area contributed by atoms with Gasteiger partial charge in [0.2, 0.25) is 0 Å². The van der Waals surface area contributed by atoms with Crippen LogP contribution >= 0.6 is 11.6 Å². The molecule has 3 aromatic rings. The summed E-state index contributed by atoms with van der Waals surface area (Å²) in [4.78, 5) is 16.6. The molecule has 116 valence electrons. The molecular weight excluding hydrogens is 319 g/mol. The fraction of sp³-hybridized carbons (Fsp3) is 0.0588. The van der Waals surface area contributed by atoms with Gasteiger partial charge >= 0.3 is 5.97 Å². The van der Waals surface area contributed by atoms with Crippen LogP contribution in [0.25, 0.3) is 10.9 Å². The second-order valence-corrected chi connectivity index (χ2v) is 5.26. The molecule has 0 atom stereocenters. The maximum Gasteiger partial charge on any atom is 0.365 e. The quantitative estimate of drug-likeness (QED) is 0.411. The summed E-state index contributed by atoms with van der Waals surface area (Å²) in [5.74, 6) is -1.09. The Morgan fingerprint density at radius 3 is 2.65 bits per heavy atom. The van der Waals surface area contributed by atoms with Crippen molar-refractivity contribution in [3.8, 4) is 0 Å². The Labute approximate surface area is 136 Å². The summed E-state index contributed by atoms with van der Waals surface area (Å²) in [7, 11) is 1.84. The molecule has 0 N–H and O–H groups in total. The molecule has 0 spiro atoms. The predicted octanol–water partition coefficient (Wildman–Crippen LogP) is 4.16. The number of hydrogen-bond acceptors (Lipinski definition) is 3. The molecule has 0 amide bonds. The maximum atomic E-state index is 12.8. The predicted molar refractivity (Wildman–Crippen MR) is 87.3 cm³/mol. The first-order chi connectivity index (χ1) is 11.1. The second-order valence-electron chi connectivity index (χ2n) is 4.90. The zero-order chi connectivity index (χ0) is 16.4. The molecule has 0 fully saturated rings. The van der Waals surface area contributed by atoms with Crippen LogP contribution in [0.4, 0.5) is 4.39 Å². The Balaban J connectivity index is 1.82. The number of para-hydroxylation sites is 1. The number of benzene rings is 2. The lowest BCUT2D eigenvalue weighted by Crippen LogP contribution is -2.01. The minimum absolute atomic E-state index is 0.215. The first-order valence-corrected chi connectivity index (χ1v) is 7.19. The molecule has 0 bridgehead atoms. The zero-order valence-electron chi connectivity index (χ0n) is 12.2. The molecule has 2 aromatic carbocycles. The van der Waals surface area contributed by atoms with E-state index in [1.807, 2.05) is 35.9 Å². The van der Waals surface area contributed by atoms with Gasteiger partial charge in [0.25, 0.3) is 0 Å². The van der Waals surface area contributed by atoms with Crippen molar-refractivity contribution < 1.29 is 14.0 Å². The highest BCUT2D eigenvalue weighted by molar-refractivity contribution is 6.34. The molecule has 0 aliphatic carbocycles. The van der Waals surface area contributed by atoms with Gasteiger partial charge < -0.3 is 9.40 Å². The Bertz CT molecular complexity index is 901. The largest absolute Gasteiger partial charge is 0.365 e. The van der Waals surface area contributed by atoms with Crippen LogP contribution in [0.2, 0.25) is 5.15 Å². The summed E-state index contributed by atoms with van der Waals surface area (Å²) in [5, 5.41) is 5.10. The minimum Gasteiger partial charge on any atom is -0.334 e. The Kier molecular flexibility index (Phi) is 4.12. The summed E-state index contributed by atoms with van der Waals surface area (Å²) in [6, 6.07) is 12.7. The van der Waals surface area contributed by atoms with E-state index in [-0.39, 0.29) is 5.56 Å². The number of aryl methyl sites for hydroxylation is 1. The molecule has 0 aliphatic rings. The smallest absolute Gasteiger partial charge is 0.334 e. The fourth-order valence-electron chi connectivity index (χ4n) is 2.28. The topological polar surface area (TPSA) is 43.6 Å². The Morgan fingerprint density at radius 2 is 1.91 bits per heavy atom. The third-order valence-electron chi connectivity index (χ3n) is 3.47. The average Bonchev–Trinajstić information content (AvgIpc) is 2.81. The molecule has 0 radical (unpaired) electrons. The van der Waals surface area contributed by atoms with Crippen molar-refractivity contribution in [2.75, 3.05) is 0 Å². The second kappa shape index (κ2) is 6.22. The number of aromatic nitrogens is 1. The molecule has 4 nitrogen and oxygen atoms in total. The highest BCUT2D eigenvalue weighted by Crippen LogP contribution is 2.27. The SMILES string of the molecule is Cn1c(Cl)c(C=NOC(=O)c2ccc(F)cc2)c2ccccc21. The number of carbonyl (C=O) groups excluding carboxylic acids is 1. The Hall–Kier alpha value is -2.66. The number of rotatable bonds is 3. The first-order valence-electron chi connectivity index (χ1n) is 6.81. The third-order valence-corrected chi connectivity index (χ3v) is 3.93. The van der Waals surface area contributed by atoms with Crippen LogP contribution in [0, 0.1) is 5.82 Å². The van der Waals surface area contributed by atoms with Crippen LogP contribution in [-0.2, 0) is 11.9 Å². The molecule has 1 heterocycles. The summed E-state index contributed by atoms with van der Waals surface area (Å²) in [5.41, 5.74) is 1.83. The van der Waals surface area contributed by atoms with Crippen molar-refractivity contribution >= 4 is 34.7 Å². The summed E-state index contributed by atoms with van der Waals surface area (Å²) in [6.45, 7) is 0. The zero-order valence-corrected chi connectivity index (χ0v) is 12.9. The van der Waals surface area contributed by atoms with Crippen LogP contribution in [0.1, 0.15) is 15.9 Å². The van der Waals surface area contributed by atoms with Gasteiger partial charge in [-0.15, -0.1) is 0 Å². The van der Waals surface area contributed by atoms with Gasteiger partial charge in [0.1, 0.15) is 11.0 Å². The maximum absolute atomic E-state index is 12.8.